The normalized spacial score (nSPS) is 10.8. The van der Waals surface area contributed by atoms with Gasteiger partial charge in [0.05, 0.1) is 13.3 Å². The Morgan fingerprint density at radius 3 is 2.74 bits per heavy atom. The van der Waals surface area contributed by atoms with Gasteiger partial charge < -0.3 is 4.74 Å². The molecule has 96 valence electrons. The summed E-state index contributed by atoms with van der Waals surface area (Å²) >= 11 is 3.28. The fraction of sp³-hybridized carbons (Fsp3) is 0.0909. The minimum absolute atomic E-state index is 0.357. The highest BCUT2D eigenvalue weighted by Gasteiger charge is 2.17. The number of nitrogens with one attached hydrogen (secondary N) is 1. The predicted molar refractivity (Wildman–Crippen MR) is 69.4 cm³/mol. The first-order valence-corrected chi connectivity index (χ1v) is 6.18. The van der Waals surface area contributed by atoms with Crippen LogP contribution >= 0.6 is 15.9 Å². The van der Waals surface area contributed by atoms with Crippen LogP contribution in [0.4, 0.5) is 0 Å². The van der Waals surface area contributed by atoms with Gasteiger partial charge in [0.25, 0.3) is 5.65 Å². The van der Waals surface area contributed by atoms with Gasteiger partial charge in [0.1, 0.15) is 15.9 Å². The number of fused-ring (bicyclic) bond motifs is 1. The van der Waals surface area contributed by atoms with Crippen molar-refractivity contribution in [3.8, 4) is 11.4 Å². The van der Waals surface area contributed by atoms with Crippen LogP contribution in [0.2, 0.25) is 0 Å². The quantitative estimate of drug-likeness (QED) is 0.687. The summed E-state index contributed by atoms with van der Waals surface area (Å²) in [5.41, 5.74) is 0.773. The number of aromatic nitrogens is 5. The largest absolute Gasteiger partial charge is 0.497 e. The molecule has 0 saturated carbocycles. The third-order valence-electron chi connectivity index (χ3n) is 2.66. The van der Waals surface area contributed by atoms with Gasteiger partial charge in [0.15, 0.2) is 0 Å². The van der Waals surface area contributed by atoms with Crippen LogP contribution in [0.3, 0.4) is 0 Å². The molecule has 8 heteroatoms. The van der Waals surface area contributed by atoms with E-state index in [1.165, 1.54) is 15.4 Å². The molecule has 7 nitrogen and oxygen atoms in total. The molecule has 0 spiro atoms. The zero-order valence-corrected chi connectivity index (χ0v) is 11.5. The van der Waals surface area contributed by atoms with Crippen molar-refractivity contribution in [1.29, 1.82) is 0 Å². The summed E-state index contributed by atoms with van der Waals surface area (Å²) in [6.45, 7) is 0. The lowest BCUT2D eigenvalue weighted by Gasteiger charge is -2.00. The van der Waals surface area contributed by atoms with Gasteiger partial charge in [0.2, 0.25) is 0 Å². The Balaban J connectivity index is 2.19. The highest BCUT2D eigenvalue weighted by atomic mass is 79.9. The highest BCUT2D eigenvalue weighted by molar-refractivity contribution is 9.10. The standard InChI is InChI=1S/C11H8BrN5O2/c1-19-8-4-2-7(3-5-8)16-11(18)17-10(14-15-16)9(12)6-13-17/h2-6H,1H3/p+1. The van der Waals surface area contributed by atoms with E-state index < -0.39 is 0 Å². The number of rotatable bonds is 2. The van der Waals surface area contributed by atoms with Gasteiger partial charge in [-0.1, -0.05) is 9.20 Å². The number of benzene rings is 1. The van der Waals surface area contributed by atoms with E-state index in [4.69, 9.17) is 4.74 Å². The van der Waals surface area contributed by atoms with Crippen molar-refractivity contribution in [3.63, 3.8) is 0 Å². The van der Waals surface area contributed by atoms with Crippen LogP contribution in [0, 0.1) is 0 Å². The van der Waals surface area contributed by atoms with Gasteiger partial charge >= 0.3 is 5.69 Å². The number of halogens is 1. The summed E-state index contributed by atoms with van der Waals surface area (Å²) in [5, 5.41) is 10.8. The first-order valence-electron chi connectivity index (χ1n) is 5.39. The van der Waals surface area contributed by atoms with Gasteiger partial charge in [-0.25, -0.2) is 4.79 Å². The van der Waals surface area contributed by atoms with E-state index in [0.717, 1.165) is 0 Å². The fourth-order valence-electron chi connectivity index (χ4n) is 1.70. The summed E-state index contributed by atoms with van der Waals surface area (Å²) in [6.07, 6.45) is 1.53. The molecule has 0 saturated heterocycles. The lowest BCUT2D eigenvalue weighted by atomic mass is 10.3. The average Bonchev–Trinajstić information content (AvgIpc) is 2.82. The van der Waals surface area contributed by atoms with Crippen molar-refractivity contribution in [2.24, 2.45) is 0 Å². The summed E-state index contributed by atoms with van der Waals surface area (Å²) in [6, 6.07) is 7.00. The van der Waals surface area contributed by atoms with E-state index in [-0.39, 0.29) is 5.69 Å². The van der Waals surface area contributed by atoms with Crippen LogP contribution in [0.1, 0.15) is 0 Å². The molecule has 1 aromatic carbocycles. The second kappa shape index (κ2) is 4.47. The molecule has 2 heterocycles. The number of H-pyrrole nitrogens is 1. The third-order valence-corrected chi connectivity index (χ3v) is 3.24. The first-order chi connectivity index (χ1) is 9.20. The molecular formula is C11H9BrN5O2+. The van der Waals surface area contributed by atoms with Crippen molar-refractivity contribution in [3.05, 3.63) is 45.4 Å². The zero-order chi connectivity index (χ0) is 13.4. The minimum atomic E-state index is -0.357. The molecule has 0 aliphatic rings. The second-order valence-electron chi connectivity index (χ2n) is 3.76. The van der Waals surface area contributed by atoms with E-state index in [1.807, 2.05) is 0 Å². The molecule has 0 atom stereocenters. The van der Waals surface area contributed by atoms with E-state index >= 15 is 0 Å². The van der Waals surface area contributed by atoms with Gasteiger partial charge in [-0.2, -0.15) is 5.10 Å². The Kier molecular flexibility index (Phi) is 2.79. The Bertz CT molecular complexity index is 793. The fourth-order valence-corrected chi connectivity index (χ4v) is 2.04. The van der Waals surface area contributed by atoms with Gasteiger partial charge in [-0.3, -0.25) is 0 Å². The van der Waals surface area contributed by atoms with Crippen molar-refractivity contribution in [1.82, 2.24) is 19.5 Å². The molecule has 3 aromatic rings. The molecular weight excluding hydrogens is 314 g/mol. The van der Waals surface area contributed by atoms with Crippen LogP contribution in [-0.2, 0) is 0 Å². The minimum Gasteiger partial charge on any atom is -0.497 e. The maximum absolute atomic E-state index is 12.2. The number of aromatic amines is 1. The molecule has 0 unspecified atom stereocenters. The molecule has 3 rings (SSSR count). The van der Waals surface area contributed by atoms with Crippen LogP contribution in [0.15, 0.2) is 39.7 Å². The van der Waals surface area contributed by atoms with E-state index in [9.17, 15) is 4.79 Å². The monoisotopic (exact) mass is 322 g/mol. The lowest BCUT2D eigenvalue weighted by Crippen LogP contribution is -2.35. The number of nitrogens with zero attached hydrogens (tertiary/aromatic N) is 4. The van der Waals surface area contributed by atoms with Crippen LogP contribution in [0.5, 0.6) is 5.75 Å². The molecule has 2 aromatic heterocycles. The van der Waals surface area contributed by atoms with Crippen molar-refractivity contribution in [2.75, 3.05) is 7.11 Å². The molecule has 0 aliphatic carbocycles. The number of hydrogen-bond acceptors (Lipinski definition) is 4. The molecule has 0 amide bonds. The zero-order valence-electron chi connectivity index (χ0n) is 9.87. The van der Waals surface area contributed by atoms with E-state index in [1.54, 1.807) is 31.4 Å². The Hall–Kier alpha value is -2.22. The Labute approximate surface area is 115 Å². The van der Waals surface area contributed by atoms with Gasteiger partial charge in [0, 0.05) is 5.21 Å². The topological polar surface area (TPSA) is 75.6 Å². The Morgan fingerprint density at radius 1 is 1.32 bits per heavy atom. The molecule has 0 radical (unpaired) electrons. The SMILES string of the molecule is COc1ccc(-n2n[nH+]c3c(Br)cnn3c2=O)cc1. The Morgan fingerprint density at radius 2 is 2.05 bits per heavy atom. The van der Waals surface area contributed by atoms with Gasteiger partial charge in [-0.05, 0) is 40.2 Å². The highest BCUT2D eigenvalue weighted by Crippen LogP contribution is 2.13. The number of hydrogen-bond donors (Lipinski definition) is 0. The molecule has 1 N–H and O–H groups in total. The van der Waals surface area contributed by atoms with E-state index in [0.29, 0.717) is 21.6 Å². The molecule has 0 aliphatic heterocycles. The number of ether oxygens (including phenoxy) is 1. The molecule has 0 fully saturated rings. The molecule has 19 heavy (non-hydrogen) atoms. The van der Waals surface area contributed by atoms with Gasteiger partial charge in [-0.15, -0.1) is 5.10 Å². The maximum atomic E-state index is 12.2. The second-order valence-corrected chi connectivity index (χ2v) is 4.61. The average molecular weight is 323 g/mol. The van der Waals surface area contributed by atoms with E-state index in [2.05, 4.69) is 31.3 Å². The van der Waals surface area contributed by atoms with Crippen LogP contribution in [-0.4, -0.2) is 26.6 Å². The van der Waals surface area contributed by atoms with Crippen molar-refractivity contribution >= 4 is 21.6 Å². The number of methoxy groups -OCH3 is 1. The van der Waals surface area contributed by atoms with Crippen molar-refractivity contribution < 1.29 is 9.84 Å². The summed E-state index contributed by atoms with van der Waals surface area (Å²) in [5.74, 6) is 0.712. The maximum Gasteiger partial charge on any atom is 0.493 e. The van der Waals surface area contributed by atoms with Crippen LogP contribution < -0.4 is 15.5 Å². The first kappa shape index (κ1) is 11.8. The van der Waals surface area contributed by atoms with Crippen molar-refractivity contribution in [2.45, 2.75) is 0 Å². The summed E-state index contributed by atoms with van der Waals surface area (Å²) in [7, 11) is 1.58. The lowest BCUT2D eigenvalue weighted by molar-refractivity contribution is -0.443. The smallest absolute Gasteiger partial charge is 0.493 e. The third kappa shape index (κ3) is 1.89. The summed E-state index contributed by atoms with van der Waals surface area (Å²) < 4.78 is 8.21. The predicted octanol–water partition coefficient (Wildman–Crippen LogP) is 0.465. The molecule has 0 bridgehead atoms. The summed E-state index contributed by atoms with van der Waals surface area (Å²) in [4.78, 5) is 12.2. The van der Waals surface area contributed by atoms with Crippen LogP contribution in [0.25, 0.3) is 11.3 Å².